The molecule has 1 N–H and O–H groups in total. The molecule has 0 aliphatic carbocycles. The van der Waals surface area contributed by atoms with Crippen molar-refractivity contribution < 1.29 is 9.59 Å². The fourth-order valence-electron chi connectivity index (χ4n) is 1.27. The third-order valence-electron chi connectivity index (χ3n) is 2.10. The average molecular weight is 257 g/mol. The molecule has 1 aromatic carbocycles. The van der Waals surface area contributed by atoms with Crippen molar-refractivity contribution in [3.8, 4) is 0 Å². The number of nitrogens with zero attached hydrogens (tertiary/aromatic N) is 1. The molecule has 1 amide bonds. The minimum absolute atomic E-state index is 0.0465. The van der Waals surface area contributed by atoms with Crippen LogP contribution in [0, 0.1) is 0 Å². The standard InChI is InChI=1S/C10H6Cl2N2O2/c11-10(12)8(15)7(13-14-9(10)16)6-4-2-1-3-5-6/h1-5H,(H,14,16). The molecule has 0 bridgehead atoms. The van der Waals surface area contributed by atoms with E-state index in [4.69, 9.17) is 23.2 Å². The number of ketones is 1. The number of alkyl halides is 2. The van der Waals surface area contributed by atoms with E-state index in [0.717, 1.165) is 0 Å². The average Bonchev–Trinajstić information content (AvgIpc) is 2.28. The van der Waals surface area contributed by atoms with Crippen LogP contribution < -0.4 is 5.43 Å². The van der Waals surface area contributed by atoms with E-state index < -0.39 is 16.0 Å². The van der Waals surface area contributed by atoms with E-state index in [9.17, 15) is 9.59 Å². The topological polar surface area (TPSA) is 58.5 Å². The Bertz CT molecular complexity index is 483. The lowest BCUT2D eigenvalue weighted by atomic mass is 10.0. The normalized spacial score (nSPS) is 19.0. The SMILES string of the molecule is O=C1NN=C(c2ccccc2)C(=O)C1(Cl)Cl. The van der Waals surface area contributed by atoms with Crippen LogP contribution in [0.25, 0.3) is 0 Å². The van der Waals surface area contributed by atoms with Crippen LogP contribution in [0.2, 0.25) is 0 Å². The minimum atomic E-state index is -2.10. The lowest BCUT2D eigenvalue weighted by Gasteiger charge is -2.21. The van der Waals surface area contributed by atoms with E-state index in [0.29, 0.717) is 5.56 Å². The van der Waals surface area contributed by atoms with Crippen molar-refractivity contribution in [3.05, 3.63) is 35.9 Å². The van der Waals surface area contributed by atoms with Crippen molar-refractivity contribution in [3.63, 3.8) is 0 Å². The summed E-state index contributed by atoms with van der Waals surface area (Å²) in [5.41, 5.74) is 2.72. The number of hydrazone groups is 1. The number of rotatable bonds is 1. The number of carbonyl (C=O) groups is 2. The van der Waals surface area contributed by atoms with E-state index in [2.05, 4.69) is 10.5 Å². The van der Waals surface area contributed by atoms with Gasteiger partial charge in [-0.3, -0.25) is 9.59 Å². The lowest BCUT2D eigenvalue weighted by molar-refractivity contribution is -0.127. The second-order valence-electron chi connectivity index (χ2n) is 3.17. The summed E-state index contributed by atoms with van der Waals surface area (Å²) in [6.07, 6.45) is 0. The van der Waals surface area contributed by atoms with Gasteiger partial charge in [-0.25, -0.2) is 5.43 Å². The number of halogens is 2. The molecule has 1 heterocycles. The second-order valence-corrected chi connectivity index (χ2v) is 4.50. The first-order valence-corrected chi connectivity index (χ1v) is 5.15. The van der Waals surface area contributed by atoms with E-state index in [1.54, 1.807) is 30.3 Å². The van der Waals surface area contributed by atoms with E-state index in [-0.39, 0.29) is 5.71 Å². The Labute approximate surface area is 101 Å². The first-order valence-electron chi connectivity index (χ1n) is 4.39. The third kappa shape index (κ3) is 1.70. The highest BCUT2D eigenvalue weighted by atomic mass is 35.5. The molecular formula is C10H6Cl2N2O2. The van der Waals surface area contributed by atoms with E-state index in [1.165, 1.54) is 0 Å². The number of hydrogen-bond donors (Lipinski definition) is 1. The number of Topliss-reactive ketones (excluding diaryl/α,β-unsaturated/α-hetero) is 1. The van der Waals surface area contributed by atoms with Crippen LogP contribution in [0.15, 0.2) is 35.4 Å². The van der Waals surface area contributed by atoms with Crippen molar-refractivity contribution >= 4 is 40.6 Å². The van der Waals surface area contributed by atoms with Crippen LogP contribution in [0.4, 0.5) is 0 Å². The summed E-state index contributed by atoms with van der Waals surface area (Å²) < 4.78 is -2.10. The Morgan fingerprint density at radius 3 is 2.38 bits per heavy atom. The van der Waals surface area contributed by atoms with Crippen molar-refractivity contribution in [2.45, 2.75) is 4.33 Å². The van der Waals surface area contributed by atoms with Gasteiger partial charge >= 0.3 is 0 Å². The van der Waals surface area contributed by atoms with Crippen LogP contribution in [0.3, 0.4) is 0 Å². The maximum atomic E-state index is 11.8. The molecule has 6 heteroatoms. The minimum Gasteiger partial charge on any atom is -0.288 e. The molecule has 2 rings (SSSR count). The fourth-order valence-corrected chi connectivity index (χ4v) is 1.53. The molecule has 16 heavy (non-hydrogen) atoms. The van der Waals surface area contributed by atoms with Crippen LogP contribution in [-0.2, 0) is 9.59 Å². The highest BCUT2D eigenvalue weighted by Gasteiger charge is 2.47. The number of nitrogens with one attached hydrogen (secondary N) is 1. The molecule has 4 nitrogen and oxygen atoms in total. The first kappa shape index (κ1) is 11.1. The largest absolute Gasteiger partial charge is 0.288 e. The summed E-state index contributed by atoms with van der Waals surface area (Å²) in [6.45, 7) is 0. The monoisotopic (exact) mass is 256 g/mol. The van der Waals surface area contributed by atoms with Gasteiger partial charge in [-0.1, -0.05) is 53.5 Å². The summed E-state index contributed by atoms with van der Waals surface area (Å²) in [5.74, 6) is -1.55. The van der Waals surface area contributed by atoms with Crippen LogP contribution >= 0.6 is 23.2 Å². The maximum absolute atomic E-state index is 11.8. The molecule has 1 aliphatic heterocycles. The number of carbonyl (C=O) groups excluding carboxylic acids is 2. The zero-order chi connectivity index (χ0) is 11.8. The van der Waals surface area contributed by atoms with Crippen molar-refractivity contribution in [2.75, 3.05) is 0 Å². The molecule has 0 saturated carbocycles. The van der Waals surface area contributed by atoms with Gasteiger partial charge in [0.1, 0.15) is 5.71 Å². The molecular weight excluding hydrogens is 251 g/mol. The molecule has 0 fully saturated rings. The Kier molecular flexibility index (Phi) is 2.69. The van der Waals surface area contributed by atoms with Crippen LogP contribution in [0.5, 0.6) is 0 Å². The van der Waals surface area contributed by atoms with Gasteiger partial charge < -0.3 is 0 Å². The molecule has 82 valence electrons. The van der Waals surface area contributed by atoms with Gasteiger partial charge in [0.15, 0.2) is 0 Å². The molecule has 0 radical (unpaired) electrons. The van der Waals surface area contributed by atoms with Gasteiger partial charge in [-0.2, -0.15) is 5.10 Å². The van der Waals surface area contributed by atoms with Gasteiger partial charge in [-0.05, 0) is 0 Å². The summed E-state index contributed by atoms with van der Waals surface area (Å²) >= 11 is 11.3. The molecule has 0 atom stereocenters. The first-order chi connectivity index (χ1) is 7.53. The van der Waals surface area contributed by atoms with Gasteiger partial charge in [0, 0.05) is 5.56 Å². The molecule has 0 spiro atoms. The van der Waals surface area contributed by atoms with Crippen LogP contribution in [-0.4, -0.2) is 21.7 Å². The van der Waals surface area contributed by atoms with E-state index >= 15 is 0 Å². The van der Waals surface area contributed by atoms with Gasteiger partial charge in [0.25, 0.3) is 10.2 Å². The highest BCUT2D eigenvalue weighted by molar-refractivity contribution is 6.77. The Morgan fingerprint density at radius 2 is 1.75 bits per heavy atom. The molecule has 1 aliphatic rings. The molecule has 0 saturated heterocycles. The zero-order valence-corrected chi connectivity index (χ0v) is 9.42. The zero-order valence-electron chi connectivity index (χ0n) is 7.91. The van der Waals surface area contributed by atoms with Crippen molar-refractivity contribution in [2.24, 2.45) is 5.10 Å². The molecule has 0 unspecified atom stereocenters. The predicted molar refractivity (Wildman–Crippen MR) is 60.6 cm³/mol. The molecule has 1 aromatic rings. The van der Waals surface area contributed by atoms with Gasteiger partial charge in [0.05, 0.1) is 0 Å². The van der Waals surface area contributed by atoms with E-state index in [1.807, 2.05) is 0 Å². The molecule has 0 aromatic heterocycles. The predicted octanol–water partition coefficient (Wildman–Crippen LogP) is 1.26. The van der Waals surface area contributed by atoms with Gasteiger partial charge in [0.2, 0.25) is 5.78 Å². The summed E-state index contributed by atoms with van der Waals surface area (Å²) in [7, 11) is 0. The maximum Gasteiger partial charge on any atom is 0.284 e. The van der Waals surface area contributed by atoms with Crippen LogP contribution in [0.1, 0.15) is 5.56 Å². The number of benzene rings is 1. The Hall–Kier alpha value is -1.39. The lowest BCUT2D eigenvalue weighted by Crippen LogP contribution is -2.50. The fraction of sp³-hybridized carbons (Fsp3) is 0.100. The quantitative estimate of drug-likeness (QED) is 0.608. The summed E-state index contributed by atoms with van der Waals surface area (Å²) in [5, 5.41) is 3.66. The number of hydrogen-bond acceptors (Lipinski definition) is 3. The van der Waals surface area contributed by atoms with Gasteiger partial charge in [-0.15, -0.1) is 0 Å². The summed E-state index contributed by atoms with van der Waals surface area (Å²) in [6, 6.07) is 8.64. The highest BCUT2D eigenvalue weighted by Crippen LogP contribution is 2.27. The number of amides is 1. The smallest absolute Gasteiger partial charge is 0.284 e. The summed E-state index contributed by atoms with van der Waals surface area (Å²) in [4.78, 5) is 23.0. The Balaban J connectivity index is 2.46. The van der Waals surface area contributed by atoms with Crippen molar-refractivity contribution in [1.29, 1.82) is 0 Å². The third-order valence-corrected chi connectivity index (χ3v) is 2.79. The Morgan fingerprint density at radius 1 is 1.12 bits per heavy atom. The second kappa shape index (κ2) is 3.88. The van der Waals surface area contributed by atoms with Crippen molar-refractivity contribution in [1.82, 2.24) is 5.43 Å².